The first-order chi connectivity index (χ1) is 18.5. The van der Waals surface area contributed by atoms with Crippen molar-refractivity contribution in [2.45, 2.75) is 26.0 Å². The van der Waals surface area contributed by atoms with Crippen molar-refractivity contribution in [1.82, 2.24) is 9.80 Å². The van der Waals surface area contributed by atoms with Crippen LogP contribution in [0.3, 0.4) is 0 Å². The molecule has 0 unspecified atom stereocenters. The molecule has 1 amide bonds. The van der Waals surface area contributed by atoms with E-state index < -0.39 is 17.7 Å². The first-order valence-electron chi connectivity index (χ1n) is 12.9. The molecule has 3 aromatic rings. The minimum absolute atomic E-state index is 0.0322. The molecule has 2 aromatic carbocycles. The number of carbonyl (C=O) groups is 2. The highest BCUT2D eigenvalue weighted by Crippen LogP contribution is 2.39. The molecular formula is C30H32N2O6. The summed E-state index contributed by atoms with van der Waals surface area (Å²) in [6.07, 6.45) is 2.20. The van der Waals surface area contributed by atoms with Crippen LogP contribution in [-0.2, 0) is 20.9 Å². The van der Waals surface area contributed by atoms with Crippen molar-refractivity contribution in [3.63, 3.8) is 0 Å². The summed E-state index contributed by atoms with van der Waals surface area (Å²) in [5.74, 6) is -0.502. The predicted molar refractivity (Wildman–Crippen MR) is 142 cm³/mol. The van der Waals surface area contributed by atoms with Crippen LogP contribution in [0, 0.1) is 6.92 Å². The second-order valence-electron chi connectivity index (χ2n) is 9.62. The minimum Gasteiger partial charge on any atom is -0.507 e. The normalized spacial score (nSPS) is 19.7. The van der Waals surface area contributed by atoms with Crippen molar-refractivity contribution in [1.29, 1.82) is 0 Å². The monoisotopic (exact) mass is 516 g/mol. The van der Waals surface area contributed by atoms with Crippen LogP contribution in [0.15, 0.2) is 76.9 Å². The molecule has 0 radical (unpaired) electrons. The first kappa shape index (κ1) is 25.8. The molecule has 2 saturated heterocycles. The molecule has 0 spiro atoms. The second-order valence-corrected chi connectivity index (χ2v) is 9.62. The molecule has 0 bridgehead atoms. The third-order valence-corrected chi connectivity index (χ3v) is 6.95. The maximum Gasteiger partial charge on any atom is 0.295 e. The smallest absolute Gasteiger partial charge is 0.295 e. The first-order valence-corrected chi connectivity index (χ1v) is 12.9. The fourth-order valence-electron chi connectivity index (χ4n) is 4.98. The molecule has 8 heteroatoms. The summed E-state index contributed by atoms with van der Waals surface area (Å²) < 4.78 is 16.9. The van der Waals surface area contributed by atoms with Gasteiger partial charge in [-0.3, -0.25) is 14.5 Å². The molecule has 8 nitrogen and oxygen atoms in total. The van der Waals surface area contributed by atoms with Crippen molar-refractivity contribution in [2.75, 3.05) is 39.4 Å². The van der Waals surface area contributed by atoms with Gasteiger partial charge in [-0.25, -0.2) is 0 Å². The molecule has 38 heavy (non-hydrogen) atoms. The number of carbonyl (C=O) groups excluding carboxylic acids is 2. The summed E-state index contributed by atoms with van der Waals surface area (Å²) in [4.78, 5) is 30.0. The van der Waals surface area contributed by atoms with E-state index in [1.54, 1.807) is 36.4 Å². The van der Waals surface area contributed by atoms with E-state index in [9.17, 15) is 14.7 Å². The molecule has 1 atom stereocenters. The Morgan fingerprint density at radius 3 is 2.53 bits per heavy atom. The van der Waals surface area contributed by atoms with Gasteiger partial charge in [0.05, 0.1) is 25.1 Å². The molecule has 1 aromatic heterocycles. The number of nitrogens with zero attached hydrogens (tertiary/aromatic N) is 2. The van der Waals surface area contributed by atoms with Crippen LogP contribution in [0.1, 0.15) is 34.9 Å². The van der Waals surface area contributed by atoms with Crippen LogP contribution in [0.2, 0.25) is 0 Å². The van der Waals surface area contributed by atoms with Gasteiger partial charge in [0.1, 0.15) is 29.9 Å². The lowest BCUT2D eigenvalue weighted by molar-refractivity contribution is -0.140. The van der Waals surface area contributed by atoms with Crippen LogP contribution >= 0.6 is 0 Å². The zero-order valence-electron chi connectivity index (χ0n) is 21.5. The topological polar surface area (TPSA) is 92.5 Å². The number of ether oxygens (including phenoxy) is 2. The fourth-order valence-corrected chi connectivity index (χ4v) is 4.98. The molecule has 0 aliphatic carbocycles. The largest absolute Gasteiger partial charge is 0.507 e. The highest BCUT2D eigenvalue weighted by Gasteiger charge is 2.47. The number of benzene rings is 2. The van der Waals surface area contributed by atoms with Gasteiger partial charge in [0.25, 0.3) is 11.7 Å². The van der Waals surface area contributed by atoms with E-state index >= 15 is 0 Å². The van der Waals surface area contributed by atoms with E-state index in [4.69, 9.17) is 13.9 Å². The number of furan rings is 1. The number of amides is 1. The highest BCUT2D eigenvalue weighted by atomic mass is 16.5. The second kappa shape index (κ2) is 11.7. The van der Waals surface area contributed by atoms with E-state index in [-0.39, 0.29) is 11.3 Å². The lowest BCUT2D eigenvalue weighted by Gasteiger charge is -2.28. The fraction of sp³-hybridized carbons (Fsp3) is 0.333. The standard InChI is InChI=1S/C30H32N2O6/c1-21-5-2-6-22(19-21)20-38-24-10-8-23(9-11-24)28(33)26-27(25-7-3-16-37-25)32(30(35)29(26)34)13-4-12-31-14-17-36-18-15-31/h2-3,5-11,16,19,27,33H,4,12-15,17-18,20H2,1H3/t27-/m0/s1. The maximum absolute atomic E-state index is 13.2. The summed E-state index contributed by atoms with van der Waals surface area (Å²) in [5, 5.41) is 11.2. The average Bonchev–Trinajstić information content (AvgIpc) is 3.55. The average molecular weight is 517 g/mol. The van der Waals surface area contributed by atoms with Crippen molar-refractivity contribution in [2.24, 2.45) is 0 Å². The van der Waals surface area contributed by atoms with Crippen molar-refractivity contribution in [3.05, 3.63) is 95.0 Å². The summed E-state index contributed by atoms with van der Waals surface area (Å²) in [5.41, 5.74) is 2.68. The molecule has 2 fully saturated rings. The zero-order chi connectivity index (χ0) is 26.5. The summed E-state index contributed by atoms with van der Waals surface area (Å²) in [6, 6.07) is 17.6. The van der Waals surface area contributed by atoms with Crippen LogP contribution in [0.4, 0.5) is 0 Å². The van der Waals surface area contributed by atoms with Crippen LogP contribution < -0.4 is 4.74 Å². The zero-order valence-corrected chi connectivity index (χ0v) is 21.5. The number of aryl methyl sites for hydroxylation is 1. The molecule has 1 N–H and O–H groups in total. The molecule has 0 saturated carbocycles. The van der Waals surface area contributed by atoms with Gasteiger partial charge in [-0.2, -0.15) is 0 Å². The number of likely N-dealkylation sites (tertiary alicyclic amines) is 1. The van der Waals surface area contributed by atoms with Gasteiger partial charge in [0, 0.05) is 31.7 Å². The Morgan fingerprint density at radius 2 is 1.82 bits per heavy atom. The van der Waals surface area contributed by atoms with Crippen LogP contribution in [0.5, 0.6) is 5.75 Å². The van der Waals surface area contributed by atoms with E-state index in [1.165, 1.54) is 11.2 Å². The SMILES string of the molecule is Cc1cccc(COc2ccc(C(O)=C3C(=O)C(=O)N(CCCN4CCOCC4)[C@H]3c3ccco3)cc2)c1. The predicted octanol–water partition coefficient (Wildman–Crippen LogP) is 4.31. The van der Waals surface area contributed by atoms with Crippen LogP contribution in [-0.4, -0.2) is 66.0 Å². The highest BCUT2D eigenvalue weighted by molar-refractivity contribution is 6.46. The molecule has 2 aliphatic rings. The molecule has 2 aliphatic heterocycles. The number of morpholine rings is 1. The van der Waals surface area contributed by atoms with Crippen LogP contribution in [0.25, 0.3) is 5.76 Å². The van der Waals surface area contributed by atoms with Gasteiger partial charge in [-0.15, -0.1) is 0 Å². The Kier molecular flexibility index (Phi) is 7.91. The number of aliphatic hydroxyl groups excluding tert-OH is 1. The molecule has 198 valence electrons. The Morgan fingerprint density at radius 1 is 1.03 bits per heavy atom. The lowest BCUT2D eigenvalue weighted by Crippen LogP contribution is -2.38. The number of Topliss-reactive ketones (excluding diaryl/α,β-unsaturated/α-hetero) is 1. The number of aliphatic hydroxyl groups is 1. The Hall–Kier alpha value is -3.88. The number of rotatable bonds is 9. The third kappa shape index (κ3) is 5.66. The Labute approximate surface area is 222 Å². The summed E-state index contributed by atoms with van der Waals surface area (Å²) >= 11 is 0. The van der Waals surface area contributed by atoms with E-state index in [0.29, 0.717) is 49.9 Å². The van der Waals surface area contributed by atoms with Gasteiger partial charge in [-0.1, -0.05) is 29.8 Å². The quantitative estimate of drug-likeness (QED) is 0.257. The van der Waals surface area contributed by atoms with E-state index in [2.05, 4.69) is 11.0 Å². The molecule has 5 rings (SSSR count). The summed E-state index contributed by atoms with van der Waals surface area (Å²) in [6.45, 7) is 6.72. The third-order valence-electron chi connectivity index (χ3n) is 6.95. The van der Waals surface area contributed by atoms with Gasteiger partial charge < -0.3 is 23.9 Å². The number of ketones is 1. The number of hydrogen-bond donors (Lipinski definition) is 1. The maximum atomic E-state index is 13.2. The number of hydrogen-bond acceptors (Lipinski definition) is 7. The van der Waals surface area contributed by atoms with Crippen molar-refractivity contribution in [3.8, 4) is 5.75 Å². The van der Waals surface area contributed by atoms with Gasteiger partial charge in [0.15, 0.2) is 0 Å². The van der Waals surface area contributed by atoms with Gasteiger partial charge in [0.2, 0.25) is 0 Å². The summed E-state index contributed by atoms with van der Waals surface area (Å²) in [7, 11) is 0. The minimum atomic E-state index is -0.785. The van der Waals surface area contributed by atoms with E-state index in [0.717, 1.165) is 30.8 Å². The van der Waals surface area contributed by atoms with Gasteiger partial charge in [-0.05, 0) is 55.3 Å². The Bertz CT molecular complexity index is 1290. The molecule has 3 heterocycles. The van der Waals surface area contributed by atoms with Gasteiger partial charge >= 0.3 is 0 Å². The molecular weight excluding hydrogens is 484 g/mol. The Balaban J connectivity index is 1.34. The van der Waals surface area contributed by atoms with E-state index in [1.807, 2.05) is 25.1 Å². The van der Waals surface area contributed by atoms with Crippen molar-refractivity contribution >= 4 is 17.4 Å². The lowest BCUT2D eigenvalue weighted by atomic mass is 9.99. The van der Waals surface area contributed by atoms with Crippen molar-refractivity contribution < 1.29 is 28.6 Å².